The monoisotopic (exact) mass is 843 g/mol. The van der Waals surface area contributed by atoms with Crippen LogP contribution in [0.2, 0.25) is 0 Å². The van der Waals surface area contributed by atoms with Gasteiger partial charge in [-0.05, 0) is 104 Å². The third kappa shape index (κ3) is 5.38. The van der Waals surface area contributed by atoms with E-state index in [1.807, 2.05) is 12.1 Å². The molecular weight excluding hydrogens is 803 g/mol. The van der Waals surface area contributed by atoms with Crippen molar-refractivity contribution < 1.29 is 9.15 Å². The van der Waals surface area contributed by atoms with E-state index in [4.69, 9.17) is 9.15 Å². The zero-order valence-electron chi connectivity index (χ0n) is 35.9. The summed E-state index contributed by atoms with van der Waals surface area (Å²) in [5, 5.41) is 4.57. The van der Waals surface area contributed by atoms with Gasteiger partial charge in [-0.2, -0.15) is 0 Å². The highest BCUT2D eigenvalue weighted by Crippen LogP contribution is 2.65. The third-order valence-electron chi connectivity index (χ3n) is 14.5. The molecule has 66 heavy (non-hydrogen) atoms. The Morgan fingerprint density at radius 2 is 1.08 bits per heavy atom. The minimum atomic E-state index is -0.476. The summed E-state index contributed by atoms with van der Waals surface area (Å²) in [6.07, 6.45) is 4.59. The van der Waals surface area contributed by atoms with E-state index in [2.05, 4.69) is 229 Å². The predicted octanol–water partition coefficient (Wildman–Crippen LogP) is 16.6. The lowest BCUT2D eigenvalue weighted by molar-refractivity contribution is 0.105. The van der Waals surface area contributed by atoms with Gasteiger partial charge in [-0.1, -0.05) is 182 Å². The van der Waals surface area contributed by atoms with Crippen LogP contribution in [0.1, 0.15) is 33.9 Å². The molecule has 0 radical (unpaired) electrons. The highest BCUT2D eigenvalue weighted by atomic mass is 16.5. The molecule has 10 aromatic carbocycles. The van der Waals surface area contributed by atoms with Crippen molar-refractivity contribution in [2.75, 3.05) is 4.90 Å². The van der Waals surface area contributed by atoms with Crippen LogP contribution in [-0.4, -0.2) is 0 Å². The number of furan rings is 1. The number of anilines is 3. The van der Waals surface area contributed by atoms with Crippen molar-refractivity contribution in [2.24, 2.45) is 5.92 Å². The Morgan fingerprint density at radius 1 is 0.409 bits per heavy atom. The highest BCUT2D eigenvalue weighted by Gasteiger charge is 2.57. The average molecular weight is 844 g/mol. The Kier molecular flexibility index (Phi) is 8.02. The van der Waals surface area contributed by atoms with Gasteiger partial charge in [0.2, 0.25) is 0 Å². The van der Waals surface area contributed by atoms with Crippen LogP contribution in [0.5, 0.6) is 5.75 Å². The first-order valence-electron chi connectivity index (χ1n) is 22.9. The molecule has 0 amide bonds. The van der Waals surface area contributed by atoms with Crippen molar-refractivity contribution in [1.82, 2.24) is 0 Å². The van der Waals surface area contributed by atoms with Gasteiger partial charge in [-0.3, -0.25) is 0 Å². The van der Waals surface area contributed by atoms with Crippen LogP contribution < -0.4 is 9.64 Å². The van der Waals surface area contributed by atoms with Crippen LogP contribution in [0.25, 0.3) is 72.2 Å². The van der Waals surface area contributed by atoms with Gasteiger partial charge in [-0.15, -0.1) is 0 Å². The molecule has 2 aliphatic carbocycles. The molecule has 0 bridgehead atoms. The average Bonchev–Trinajstić information content (AvgIpc) is 3.90. The maximum atomic E-state index is 7.30. The lowest BCUT2D eigenvalue weighted by Crippen LogP contribution is -2.45. The molecule has 310 valence electrons. The first-order chi connectivity index (χ1) is 32.7. The molecule has 3 unspecified atom stereocenters. The summed E-state index contributed by atoms with van der Waals surface area (Å²) in [5.74, 6) is 1.01. The van der Waals surface area contributed by atoms with E-state index in [-0.39, 0.29) is 12.0 Å². The number of rotatable bonds is 5. The van der Waals surface area contributed by atoms with Crippen molar-refractivity contribution in [1.29, 1.82) is 0 Å². The largest absolute Gasteiger partial charge is 0.484 e. The molecule has 3 aliphatic rings. The molecule has 1 spiro atoms. The van der Waals surface area contributed by atoms with Crippen LogP contribution in [0.15, 0.2) is 235 Å². The van der Waals surface area contributed by atoms with Crippen LogP contribution in [0.3, 0.4) is 0 Å². The molecule has 0 N–H and O–H groups in total. The number of hydrogen-bond acceptors (Lipinski definition) is 3. The third-order valence-corrected chi connectivity index (χ3v) is 14.5. The second-order valence-corrected chi connectivity index (χ2v) is 17.9. The summed E-state index contributed by atoms with van der Waals surface area (Å²) in [6, 6.07) is 81.6. The van der Waals surface area contributed by atoms with E-state index in [1.54, 1.807) is 0 Å². The summed E-state index contributed by atoms with van der Waals surface area (Å²) in [5.41, 5.74) is 18.0. The summed E-state index contributed by atoms with van der Waals surface area (Å²) in [4.78, 5) is 2.35. The fourth-order valence-electron chi connectivity index (χ4n) is 11.6. The zero-order chi connectivity index (χ0) is 43.3. The minimum absolute atomic E-state index is 0.0311. The van der Waals surface area contributed by atoms with E-state index in [0.29, 0.717) is 0 Å². The lowest BCUT2D eigenvalue weighted by Gasteiger charge is -2.49. The summed E-state index contributed by atoms with van der Waals surface area (Å²) < 4.78 is 13.8. The first kappa shape index (κ1) is 37.0. The van der Waals surface area contributed by atoms with Gasteiger partial charge in [-0.25, -0.2) is 0 Å². The molecule has 1 aliphatic heterocycles. The molecule has 3 heteroatoms. The molecule has 3 nitrogen and oxygen atoms in total. The Labute approximate surface area is 383 Å². The van der Waals surface area contributed by atoms with Crippen molar-refractivity contribution in [3.05, 3.63) is 258 Å². The summed E-state index contributed by atoms with van der Waals surface area (Å²) in [7, 11) is 0. The number of hydrogen-bond donors (Lipinski definition) is 0. The lowest BCUT2D eigenvalue weighted by atomic mass is 9.58. The Morgan fingerprint density at radius 3 is 2.00 bits per heavy atom. The Bertz CT molecular complexity index is 3770. The molecule has 14 rings (SSSR count). The van der Waals surface area contributed by atoms with Gasteiger partial charge in [0, 0.05) is 56.3 Å². The molecule has 11 aromatic rings. The van der Waals surface area contributed by atoms with Gasteiger partial charge in [0.1, 0.15) is 23.0 Å². The van der Waals surface area contributed by atoms with Gasteiger partial charge < -0.3 is 14.1 Å². The molecule has 2 heterocycles. The second-order valence-electron chi connectivity index (χ2n) is 17.9. The van der Waals surface area contributed by atoms with Gasteiger partial charge in [0.25, 0.3) is 0 Å². The van der Waals surface area contributed by atoms with Crippen molar-refractivity contribution in [2.45, 2.75) is 11.5 Å². The van der Waals surface area contributed by atoms with Gasteiger partial charge in [0.15, 0.2) is 0 Å². The summed E-state index contributed by atoms with van der Waals surface area (Å²) >= 11 is 0. The number of fused-ring (bicyclic) bond motifs is 16. The summed E-state index contributed by atoms with van der Waals surface area (Å²) in [6.45, 7) is 0. The van der Waals surface area contributed by atoms with Crippen molar-refractivity contribution in [3.8, 4) is 39.1 Å². The normalized spacial score (nSPS) is 17.5. The fourth-order valence-corrected chi connectivity index (χ4v) is 11.6. The maximum absolute atomic E-state index is 7.30. The smallest absolute Gasteiger partial charge is 0.137 e. The van der Waals surface area contributed by atoms with Crippen LogP contribution in [-0.2, 0) is 5.41 Å². The molecule has 1 aromatic heterocycles. The van der Waals surface area contributed by atoms with Crippen LogP contribution in [0.4, 0.5) is 17.1 Å². The first-order valence-corrected chi connectivity index (χ1v) is 22.9. The van der Waals surface area contributed by atoms with E-state index in [0.717, 1.165) is 55.7 Å². The molecule has 0 saturated heterocycles. The van der Waals surface area contributed by atoms with Gasteiger partial charge in [0.05, 0.1) is 5.41 Å². The number of ether oxygens (including phenoxy) is 1. The fraction of sp³-hybridized carbons (Fsp3) is 0.0476. The Hall–Kier alpha value is -8.40. The SMILES string of the molecule is C1=CC2C(Oc3c(ccc4ccccc34)C23c2ccccc2-c2cc(-c4cccc(N(c5ccc(-c6ccccc6)cc5)c5ccc6c(c5)oc5ccccc56)c4)ccc23)c2ccccc21. The second kappa shape index (κ2) is 14.3. The highest BCUT2D eigenvalue weighted by molar-refractivity contribution is 6.06. The molecular formula is C63H41NO2. The molecule has 3 atom stereocenters. The molecule has 0 saturated carbocycles. The van der Waals surface area contributed by atoms with Crippen molar-refractivity contribution in [3.63, 3.8) is 0 Å². The standard InChI is InChI=1S/C63H41NO2/c1-2-13-40(14-3-1)41-25-30-46(31-26-41)64(48-32-33-53-52-22-9-11-24-59(52)65-60(53)39-48)47-18-12-17-44(37-47)45-29-34-56-54(38-45)51-21-8-10-23-55(51)63(56)57-35-27-42-15-4-6-19-49(42)61(57)66-62-50-20-7-5-16-43(50)28-36-58(62)63/h1-39,57,61H. The number of nitrogens with zero attached hydrogens (tertiary/aromatic N) is 1. The van der Waals surface area contributed by atoms with Crippen LogP contribution in [0, 0.1) is 5.92 Å². The Balaban J connectivity index is 0.934. The van der Waals surface area contributed by atoms with Crippen molar-refractivity contribution >= 4 is 55.8 Å². The topological polar surface area (TPSA) is 25.6 Å². The zero-order valence-corrected chi connectivity index (χ0v) is 35.9. The van der Waals surface area contributed by atoms with E-state index in [1.165, 1.54) is 61.0 Å². The van der Waals surface area contributed by atoms with E-state index < -0.39 is 5.41 Å². The minimum Gasteiger partial charge on any atom is -0.484 e. The van der Waals surface area contributed by atoms with E-state index >= 15 is 0 Å². The quantitative estimate of drug-likeness (QED) is 0.173. The van der Waals surface area contributed by atoms with Crippen LogP contribution >= 0.6 is 0 Å². The number of para-hydroxylation sites is 1. The van der Waals surface area contributed by atoms with Gasteiger partial charge >= 0.3 is 0 Å². The molecule has 0 fully saturated rings. The maximum Gasteiger partial charge on any atom is 0.137 e. The predicted molar refractivity (Wildman–Crippen MR) is 271 cm³/mol. The number of benzene rings is 10. The van der Waals surface area contributed by atoms with E-state index in [9.17, 15) is 0 Å².